The van der Waals surface area contributed by atoms with Crippen molar-refractivity contribution in [2.24, 2.45) is 5.92 Å². The molecular weight excluding hydrogens is 198 g/mol. The van der Waals surface area contributed by atoms with Gasteiger partial charge in [0.25, 0.3) is 0 Å². The fraction of sp³-hybridized carbons (Fsp3) is 0.615. The van der Waals surface area contributed by atoms with Gasteiger partial charge >= 0.3 is 0 Å². The van der Waals surface area contributed by atoms with Gasteiger partial charge in [-0.3, -0.25) is 4.98 Å². The van der Waals surface area contributed by atoms with E-state index in [-0.39, 0.29) is 0 Å². The summed E-state index contributed by atoms with van der Waals surface area (Å²) in [5.41, 5.74) is 2.58. The number of aromatic nitrogens is 1. The van der Waals surface area contributed by atoms with Gasteiger partial charge < -0.3 is 10.2 Å². The van der Waals surface area contributed by atoms with Crippen molar-refractivity contribution in [3.05, 3.63) is 24.0 Å². The first-order valence-corrected chi connectivity index (χ1v) is 6.10. The Kier molecular flexibility index (Phi) is 3.78. The number of hydrogen-bond donors (Lipinski definition) is 1. The monoisotopic (exact) mass is 219 g/mol. The predicted octanol–water partition coefficient (Wildman–Crippen LogP) is 1.83. The first-order valence-electron chi connectivity index (χ1n) is 6.10. The first-order chi connectivity index (χ1) is 7.77. The molecule has 0 atom stereocenters. The molecule has 0 aliphatic carbocycles. The molecule has 0 bridgehead atoms. The van der Waals surface area contributed by atoms with Crippen LogP contribution in [0.3, 0.4) is 0 Å². The van der Waals surface area contributed by atoms with Crippen molar-refractivity contribution in [2.75, 3.05) is 31.6 Å². The quantitative estimate of drug-likeness (QED) is 0.840. The number of anilines is 1. The molecule has 1 aliphatic rings. The van der Waals surface area contributed by atoms with E-state index in [1.807, 2.05) is 12.4 Å². The summed E-state index contributed by atoms with van der Waals surface area (Å²) in [6.45, 7) is 5.64. The topological polar surface area (TPSA) is 28.2 Å². The molecule has 0 saturated carbocycles. The minimum absolute atomic E-state index is 0.825. The fourth-order valence-corrected chi connectivity index (χ4v) is 2.41. The largest absolute Gasteiger partial charge is 0.373 e. The molecule has 1 fully saturated rings. The molecule has 0 spiro atoms. The van der Waals surface area contributed by atoms with Crippen LogP contribution in [-0.2, 0) is 0 Å². The molecule has 88 valence electrons. The highest BCUT2D eigenvalue weighted by Gasteiger charge is 2.15. The van der Waals surface area contributed by atoms with E-state index in [9.17, 15) is 0 Å². The van der Waals surface area contributed by atoms with Crippen molar-refractivity contribution >= 4 is 5.69 Å². The summed E-state index contributed by atoms with van der Waals surface area (Å²) in [6.07, 6.45) is 6.42. The third kappa shape index (κ3) is 2.73. The van der Waals surface area contributed by atoms with E-state index in [2.05, 4.69) is 35.2 Å². The second-order valence-corrected chi connectivity index (χ2v) is 4.74. The van der Waals surface area contributed by atoms with Crippen LogP contribution in [0.1, 0.15) is 18.4 Å². The minimum Gasteiger partial charge on any atom is -0.373 e. The molecule has 1 N–H and O–H groups in total. The van der Waals surface area contributed by atoms with Gasteiger partial charge in [0.2, 0.25) is 0 Å². The van der Waals surface area contributed by atoms with Gasteiger partial charge in [0.05, 0.1) is 11.9 Å². The number of aryl methyl sites for hydroxylation is 1. The highest BCUT2D eigenvalue weighted by molar-refractivity contribution is 5.50. The lowest BCUT2D eigenvalue weighted by molar-refractivity contribution is 0.378. The summed E-state index contributed by atoms with van der Waals surface area (Å²) < 4.78 is 0. The average molecular weight is 219 g/mol. The van der Waals surface area contributed by atoms with Crippen molar-refractivity contribution in [1.29, 1.82) is 0 Å². The van der Waals surface area contributed by atoms with Crippen LogP contribution in [-0.4, -0.2) is 31.7 Å². The van der Waals surface area contributed by atoms with E-state index in [1.54, 1.807) is 0 Å². The highest BCUT2D eigenvalue weighted by atomic mass is 15.1. The zero-order chi connectivity index (χ0) is 11.4. The molecule has 2 rings (SSSR count). The molecule has 2 heterocycles. The first kappa shape index (κ1) is 11.4. The van der Waals surface area contributed by atoms with E-state index < -0.39 is 0 Å². The molecule has 0 amide bonds. The Hall–Kier alpha value is -1.09. The van der Waals surface area contributed by atoms with Crippen molar-refractivity contribution in [3.63, 3.8) is 0 Å². The van der Waals surface area contributed by atoms with Gasteiger partial charge in [-0.1, -0.05) is 0 Å². The van der Waals surface area contributed by atoms with E-state index in [4.69, 9.17) is 0 Å². The third-order valence-corrected chi connectivity index (χ3v) is 3.41. The number of hydrogen-bond acceptors (Lipinski definition) is 3. The second-order valence-electron chi connectivity index (χ2n) is 4.74. The SMILES string of the molecule is Cc1ccncc1N(C)CC1CCNCC1. The van der Waals surface area contributed by atoms with Crippen molar-refractivity contribution in [1.82, 2.24) is 10.3 Å². The molecule has 3 nitrogen and oxygen atoms in total. The Labute approximate surface area is 97.9 Å². The number of rotatable bonds is 3. The Bertz CT molecular complexity index is 332. The fourth-order valence-electron chi connectivity index (χ4n) is 2.41. The van der Waals surface area contributed by atoms with Gasteiger partial charge in [-0.2, -0.15) is 0 Å². The van der Waals surface area contributed by atoms with E-state index in [1.165, 1.54) is 37.2 Å². The van der Waals surface area contributed by atoms with Crippen LogP contribution in [0.2, 0.25) is 0 Å². The molecule has 0 radical (unpaired) electrons. The normalized spacial score (nSPS) is 17.4. The van der Waals surface area contributed by atoms with Crippen molar-refractivity contribution < 1.29 is 0 Å². The Morgan fingerprint density at radius 3 is 2.88 bits per heavy atom. The summed E-state index contributed by atoms with van der Waals surface area (Å²) in [6, 6.07) is 2.08. The Morgan fingerprint density at radius 1 is 1.44 bits per heavy atom. The second kappa shape index (κ2) is 5.30. The van der Waals surface area contributed by atoms with Crippen LogP contribution in [0.15, 0.2) is 18.5 Å². The lowest BCUT2D eigenvalue weighted by atomic mass is 9.97. The lowest BCUT2D eigenvalue weighted by Gasteiger charge is -2.29. The van der Waals surface area contributed by atoms with Gasteiger partial charge in [0.1, 0.15) is 0 Å². The molecule has 1 aliphatic heterocycles. The number of nitrogens with one attached hydrogen (secondary N) is 1. The summed E-state index contributed by atoms with van der Waals surface area (Å²) in [5, 5.41) is 3.41. The van der Waals surface area contributed by atoms with Crippen LogP contribution >= 0.6 is 0 Å². The van der Waals surface area contributed by atoms with Crippen LogP contribution in [0.4, 0.5) is 5.69 Å². The van der Waals surface area contributed by atoms with Gasteiger partial charge in [0.15, 0.2) is 0 Å². The van der Waals surface area contributed by atoms with Crippen molar-refractivity contribution in [3.8, 4) is 0 Å². The van der Waals surface area contributed by atoms with Crippen LogP contribution in [0.25, 0.3) is 0 Å². The van der Waals surface area contributed by atoms with Gasteiger partial charge in [-0.25, -0.2) is 0 Å². The number of nitrogens with zero attached hydrogens (tertiary/aromatic N) is 2. The molecule has 16 heavy (non-hydrogen) atoms. The van der Waals surface area contributed by atoms with Gasteiger partial charge in [-0.15, -0.1) is 0 Å². The molecular formula is C13H21N3. The summed E-state index contributed by atoms with van der Waals surface area (Å²) >= 11 is 0. The van der Waals surface area contributed by atoms with Crippen LogP contribution < -0.4 is 10.2 Å². The molecule has 3 heteroatoms. The Balaban J connectivity index is 1.96. The minimum atomic E-state index is 0.825. The standard InChI is InChI=1S/C13H21N3/c1-11-3-6-15-9-13(11)16(2)10-12-4-7-14-8-5-12/h3,6,9,12,14H,4-5,7-8,10H2,1-2H3. The maximum absolute atomic E-state index is 4.21. The maximum Gasteiger partial charge on any atom is 0.0579 e. The smallest absolute Gasteiger partial charge is 0.0579 e. The summed E-state index contributed by atoms with van der Waals surface area (Å²) in [5.74, 6) is 0.825. The van der Waals surface area contributed by atoms with Crippen molar-refractivity contribution in [2.45, 2.75) is 19.8 Å². The molecule has 1 saturated heterocycles. The summed E-state index contributed by atoms with van der Waals surface area (Å²) in [4.78, 5) is 6.55. The molecule has 0 unspecified atom stereocenters. The maximum atomic E-state index is 4.21. The van der Waals surface area contributed by atoms with Crippen LogP contribution in [0.5, 0.6) is 0 Å². The van der Waals surface area contributed by atoms with Crippen LogP contribution in [0, 0.1) is 12.8 Å². The third-order valence-electron chi connectivity index (χ3n) is 3.41. The molecule has 1 aromatic rings. The predicted molar refractivity (Wildman–Crippen MR) is 67.8 cm³/mol. The number of pyridine rings is 1. The van der Waals surface area contributed by atoms with Gasteiger partial charge in [0, 0.05) is 19.8 Å². The zero-order valence-electron chi connectivity index (χ0n) is 10.2. The van der Waals surface area contributed by atoms with Gasteiger partial charge in [-0.05, 0) is 50.4 Å². The molecule has 1 aromatic heterocycles. The Morgan fingerprint density at radius 2 is 2.19 bits per heavy atom. The lowest BCUT2D eigenvalue weighted by Crippen LogP contribution is -2.34. The highest BCUT2D eigenvalue weighted by Crippen LogP contribution is 2.20. The zero-order valence-corrected chi connectivity index (χ0v) is 10.2. The number of piperidine rings is 1. The van der Waals surface area contributed by atoms with E-state index in [0.29, 0.717) is 0 Å². The van der Waals surface area contributed by atoms with E-state index in [0.717, 1.165) is 12.5 Å². The van der Waals surface area contributed by atoms with E-state index >= 15 is 0 Å². The molecule has 0 aromatic carbocycles. The average Bonchev–Trinajstić information content (AvgIpc) is 2.31. The summed E-state index contributed by atoms with van der Waals surface area (Å²) in [7, 11) is 2.17.